The van der Waals surface area contributed by atoms with Crippen molar-refractivity contribution < 1.29 is 22.8 Å². The summed E-state index contributed by atoms with van der Waals surface area (Å²) in [7, 11) is 0. The van der Waals surface area contributed by atoms with E-state index >= 15 is 0 Å². The van der Waals surface area contributed by atoms with E-state index in [-0.39, 0.29) is 17.0 Å². The molecule has 0 aliphatic rings. The van der Waals surface area contributed by atoms with Crippen molar-refractivity contribution in [3.63, 3.8) is 0 Å². The molecule has 0 radical (unpaired) electrons. The van der Waals surface area contributed by atoms with Crippen LogP contribution in [0.15, 0.2) is 94.3 Å². The average Bonchev–Trinajstić information content (AvgIpc) is 3.23. The molecule has 0 aliphatic heterocycles. The summed E-state index contributed by atoms with van der Waals surface area (Å²) in [4.78, 5) is 38.7. The number of furan rings is 1. The molecule has 0 fully saturated rings. The summed E-state index contributed by atoms with van der Waals surface area (Å²) in [5.74, 6) is -2.58. The highest BCUT2D eigenvalue weighted by Gasteiger charge is 2.25. The molecule has 0 aliphatic carbocycles. The smallest absolute Gasteiger partial charge is 0.280 e. The van der Waals surface area contributed by atoms with Crippen LogP contribution in [0.25, 0.3) is 16.7 Å². The van der Waals surface area contributed by atoms with Gasteiger partial charge in [0.05, 0.1) is 11.4 Å². The topological polar surface area (TPSA) is 94.2 Å². The van der Waals surface area contributed by atoms with E-state index in [0.29, 0.717) is 16.7 Å². The fourth-order valence-electron chi connectivity index (χ4n) is 3.54. The van der Waals surface area contributed by atoms with Crippen molar-refractivity contribution in [2.45, 2.75) is 0 Å². The van der Waals surface area contributed by atoms with Gasteiger partial charge in [-0.05, 0) is 60.7 Å². The molecule has 2 aromatic heterocycles. The molecule has 3 aromatic carbocycles. The molecular formula is C26H15F2N3O4. The Morgan fingerprint density at radius 1 is 0.857 bits per heavy atom. The van der Waals surface area contributed by atoms with Crippen LogP contribution >= 0.6 is 0 Å². The summed E-state index contributed by atoms with van der Waals surface area (Å²) >= 11 is 0. The zero-order chi connectivity index (χ0) is 24.5. The van der Waals surface area contributed by atoms with Crippen molar-refractivity contribution in [2.24, 2.45) is 0 Å². The number of carbonyl (C=O) groups excluding carboxylic acids is 2. The third-order valence-corrected chi connectivity index (χ3v) is 5.26. The predicted octanol–water partition coefficient (Wildman–Crippen LogP) is 4.74. The number of fused-ring (bicyclic) bond motifs is 1. The maximum Gasteiger partial charge on any atom is 0.280 e. The molecule has 5 rings (SSSR count). The van der Waals surface area contributed by atoms with E-state index in [0.717, 1.165) is 18.2 Å². The molecule has 1 N–H and O–H groups in total. The predicted molar refractivity (Wildman–Crippen MR) is 124 cm³/mol. The fourth-order valence-corrected chi connectivity index (χ4v) is 3.54. The average molecular weight is 471 g/mol. The molecule has 7 nitrogen and oxygen atoms in total. The third-order valence-electron chi connectivity index (χ3n) is 5.26. The molecule has 0 saturated heterocycles. The number of nitrogens with one attached hydrogen (secondary N) is 1. The van der Waals surface area contributed by atoms with Gasteiger partial charge in [-0.15, -0.1) is 0 Å². The van der Waals surface area contributed by atoms with Gasteiger partial charge in [-0.25, -0.2) is 13.5 Å². The number of para-hydroxylation sites is 1. The van der Waals surface area contributed by atoms with Gasteiger partial charge in [0.1, 0.15) is 17.2 Å². The van der Waals surface area contributed by atoms with Gasteiger partial charge < -0.3 is 9.73 Å². The highest BCUT2D eigenvalue weighted by Crippen LogP contribution is 2.32. The largest absolute Gasteiger partial charge is 0.450 e. The van der Waals surface area contributed by atoms with Crippen molar-refractivity contribution in [2.75, 3.05) is 5.32 Å². The molecule has 0 atom stereocenters. The van der Waals surface area contributed by atoms with E-state index in [1.54, 1.807) is 24.3 Å². The van der Waals surface area contributed by atoms with E-state index in [1.807, 2.05) is 0 Å². The van der Waals surface area contributed by atoms with Crippen molar-refractivity contribution in [1.29, 1.82) is 0 Å². The summed E-state index contributed by atoms with van der Waals surface area (Å²) in [6, 6.07) is 18.0. The molecule has 0 unspecified atom stereocenters. The fraction of sp³-hybridized carbons (Fsp3) is 0. The lowest BCUT2D eigenvalue weighted by atomic mass is 10.1. The highest BCUT2D eigenvalue weighted by molar-refractivity contribution is 6.18. The van der Waals surface area contributed by atoms with Crippen molar-refractivity contribution in [3.8, 4) is 5.69 Å². The molecule has 0 bridgehead atoms. The Morgan fingerprint density at radius 2 is 1.51 bits per heavy atom. The third kappa shape index (κ3) is 4.22. The summed E-state index contributed by atoms with van der Waals surface area (Å²) < 4.78 is 33.6. The first-order valence-corrected chi connectivity index (χ1v) is 10.4. The van der Waals surface area contributed by atoms with E-state index in [2.05, 4.69) is 10.4 Å². The van der Waals surface area contributed by atoms with Gasteiger partial charge >= 0.3 is 0 Å². The lowest BCUT2D eigenvalue weighted by Gasteiger charge is -2.08. The van der Waals surface area contributed by atoms with Crippen molar-refractivity contribution in [1.82, 2.24) is 9.78 Å². The van der Waals surface area contributed by atoms with Gasteiger partial charge in [-0.2, -0.15) is 5.10 Å². The Labute approximate surface area is 196 Å². The second-order valence-electron chi connectivity index (χ2n) is 7.54. The first-order chi connectivity index (χ1) is 16.9. The Hall–Kier alpha value is -4.92. The van der Waals surface area contributed by atoms with Gasteiger partial charge in [0.2, 0.25) is 11.2 Å². The standard InChI is InChI=1S/C26H15F2N3O4/c27-16-7-5-15(6-8-16)24(33)25-22(19-3-1-2-4-21(19)35-25)29-26(34)23-20(32)13-14-31(30-23)18-11-9-17(28)10-12-18/h1-14H,(H,29,34). The van der Waals surface area contributed by atoms with Crippen LogP contribution < -0.4 is 10.7 Å². The number of ketones is 1. The minimum atomic E-state index is -0.869. The Balaban J connectivity index is 1.55. The summed E-state index contributed by atoms with van der Waals surface area (Å²) in [5.41, 5.74) is -0.127. The number of halogens is 2. The Kier molecular flexibility index (Phi) is 5.50. The normalized spacial score (nSPS) is 10.9. The van der Waals surface area contributed by atoms with Gasteiger partial charge in [-0.3, -0.25) is 14.4 Å². The van der Waals surface area contributed by atoms with Crippen LogP contribution in [0, 0.1) is 11.6 Å². The first-order valence-electron chi connectivity index (χ1n) is 10.4. The monoisotopic (exact) mass is 471 g/mol. The quantitative estimate of drug-likeness (QED) is 0.374. The Bertz CT molecular complexity index is 1640. The maximum atomic E-state index is 13.3. The molecule has 2 heterocycles. The number of rotatable bonds is 5. The number of hydrogen-bond donors (Lipinski definition) is 1. The van der Waals surface area contributed by atoms with Gasteiger partial charge in [0, 0.05) is 23.2 Å². The minimum absolute atomic E-state index is 0.0540. The lowest BCUT2D eigenvalue weighted by Crippen LogP contribution is -2.26. The number of carbonyl (C=O) groups is 2. The van der Waals surface area contributed by atoms with Crippen LogP contribution in [0.5, 0.6) is 0 Å². The zero-order valence-electron chi connectivity index (χ0n) is 17.9. The molecule has 0 saturated carbocycles. The summed E-state index contributed by atoms with van der Waals surface area (Å²) in [6.45, 7) is 0. The van der Waals surface area contributed by atoms with Crippen LogP contribution in [-0.2, 0) is 0 Å². The van der Waals surface area contributed by atoms with Crippen LogP contribution in [0.4, 0.5) is 14.5 Å². The number of nitrogens with zero attached hydrogens (tertiary/aromatic N) is 2. The highest BCUT2D eigenvalue weighted by atomic mass is 19.1. The minimum Gasteiger partial charge on any atom is -0.450 e. The number of hydrogen-bond acceptors (Lipinski definition) is 5. The SMILES string of the molecule is O=C(c1ccc(F)cc1)c1oc2ccccc2c1NC(=O)c1nn(-c2ccc(F)cc2)ccc1=O. The summed E-state index contributed by atoms with van der Waals surface area (Å²) in [6.07, 6.45) is 1.35. The van der Waals surface area contributed by atoms with Crippen LogP contribution in [-0.4, -0.2) is 21.5 Å². The van der Waals surface area contributed by atoms with Gasteiger partial charge in [0.15, 0.2) is 11.5 Å². The number of anilines is 1. The number of amides is 1. The summed E-state index contributed by atoms with van der Waals surface area (Å²) in [5, 5.41) is 7.10. The molecule has 35 heavy (non-hydrogen) atoms. The zero-order valence-corrected chi connectivity index (χ0v) is 17.9. The Morgan fingerprint density at radius 3 is 2.23 bits per heavy atom. The molecule has 172 valence electrons. The van der Waals surface area contributed by atoms with Crippen molar-refractivity contribution in [3.05, 3.63) is 124 Å². The second-order valence-corrected chi connectivity index (χ2v) is 7.54. The van der Waals surface area contributed by atoms with E-state index in [1.165, 1.54) is 47.3 Å². The van der Waals surface area contributed by atoms with Gasteiger partial charge in [0.25, 0.3) is 5.91 Å². The number of aromatic nitrogens is 2. The van der Waals surface area contributed by atoms with E-state index < -0.39 is 34.4 Å². The molecular weight excluding hydrogens is 456 g/mol. The molecule has 9 heteroatoms. The van der Waals surface area contributed by atoms with Crippen molar-refractivity contribution >= 4 is 28.3 Å². The number of benzene rings is 3. The van der Waals surface area contributed by atoms with Crippen LogP contribution in [0.2, 0.25) is 0 Å². The second kappa shape index (κ2) is 8.79. The molecule has 5 aromatic rings. The van der Waals surface area contributed by atoms with E-state index in [9.17, 15) is 23.2 Å². The lowest BCUT2D eigenvalue weighted by molar-refractivity contribution is 0.101. The van der Waals surface area contributed by atoms with E-state index in [4.69, 9.17) is 4.42 Å². The van der Waals surface area contributed by atoms with Crippen LogP contribution in [0.3, 0.4) is 0 Å². The molecule has 0 spiro atoms. The van der Waals surface area contributed by atoms with Gasteiger partial charge in [-0.1, -0.05) is 12.1 Å². The first kappa shape index (κ1) is 21.9. The molecule has 1 amide bonds. The maximum absolute atomic E-state index is 13.3. The van der Waals surface area contributed by atoms with Crippen LogP contribution in [0.1, 0.15) is 26.6 Å².